The molecule has 0 bridgehead atoms. The van der Waals surface area contributed by atoms with E-state index in [4.69, 9.17) is 10.3 Å². The predicted octanol–water partition coefficient (Wildman–Crippen LogP) is 3.87. The molecule has 1 saturated heterocycles. The normalized spacial score (nSPS) is 17.4. The Morgan fingerprint density at radius 3 is 2.45 bits per heavy atom. The molecular weight excluding hydrogens is 384 g/mol. The fourth-order valence-electron chi connectivity index (χ4n) is 3.66. The minimum atomic E-state index is -2.08. The third kappa shape index (κ3) is 4.85. The van der Waals surface area contributed by atoms with Crippen molar-refractivity contribution in [1.82, 2.24) is 4.90 Å². The first-order chi connectivity index (χ1) is 13.9. The Morgan fingerprint density at radius 1 is 1.21 bits per heavy atom. The maximum absolute atomic E-state index is 13.2. The van der Waals surface area contributed by atoms with Crippen LogP contribution in [0, 0.1) is 0 Å². The number of nitrogens with zero attached hydrogens (tertiary/aromatic N) is 4. The molecule has 2 aromatic carbocycles. The number of amides is 2. The summed E-state index contributed by atoms with van der Waals surface area (Å²) in [5, 5.41) is 4.93. The molecule has 1 aliphatic heterocycles. The summed E-state index contributed by atoms with van der Waals surface area (Å²) in [6, 6.07) is 18.6. The molecule has 2 atom stereocenters. The number of azide groups is 1. The molecule has 0 unspecified atom stereocenters. The van der Waals surface area contributed by atoms with Gasteiger partial charge in [-0.1, -0.05) is 84.1 Å². The Balaban J connectivity index is 1.81. The number of rotatable bonds is 7. The van der Waals surface area contributed by atoms with Gasteiger partial charge in [-0.2, -0.15) is 0 Å². The minimum absolute atomic E-state index is 0.141. The van der Waals surface area contributed by atoms with Crippen LogP contribution < -0.4 is 5.19 Å². The second kappa shape index (κ2) is 8.94. The molecule has 1 aliphatic rings. The van der Waals surface area contributed by atoms with Crippen molar-refractivity contribution in [3.05, 3.63) is 76.7 Å². The van der Waals surface area contributed by atoms with Crippen molar-refractivity contribution < 1.29 is 14.3 Å². The van der Waals surface area contributed by atoms with Crippen molar-refractivity contribution in [2.24, 2.45) is 5.11 Å². The lowest BCUT2D eigenvalue weighted by atomic mass is 10.1. The molecule has 1 fully saturated rings. The highest BCUT2D eigenvalue weighted by Crippen LogP contribution is 2.23. The van der Waals surface area contributed by atoms with E-state index < -0.39 is 32.2 Å². The van der Waals surface area contributed by atoms with E-state index in [2.05, 4.69) is 23.1 Å². The quantitative estimate of drug-likeness (QED) is 0.301. The number of ether oxygens (including phenoxy) is 1. The number of cyclic esters (lactones) is 1. The van der Waals surface area contributed by atoms with Gasteiger partial charge >= 0.3 is 6.09 Å². The molecule has 150 valence electrons. The number of hydrogen-bond acceptors (Lipinski definition) is 4. The van der Waals surface area contributed by atoms with Crippen molar-refractivity contribution in [3.8, 4) is 0 Å². The van der Waals surface area contributed by atoms with Crippen molar-refractivity contribution in [3.63, 3.8) is 0 Å². The van der Waals surface area contributed by atoms with Crippen LogP contribution in [-0.2, 0) is 16.0 Å². The van der Waals surface area contributed by atoms with E-state index in [9.17, 15) is 9.59 Å². The van der Waals surface area contributed by atoms with E-state index in [1.54, 1.807) is 0 Å². The van der Waals surface area contributed by atoms with Gasteiger partial charge in [-0.25, -0.2) is 9.69 Å². The van der Waals surface area contributed by atoms with E-state index in [0.29, 0.717) is 12.5 Å². The monoisotopic (exact) mass is 408 g/mol. The molecule has 0 spiro atoms. The smallest absolute Gasteiger partial charge is 0.416 e. The molecule has 0 saturated carbocycles. The van der Waals surface area contributed by atoms with Crippen LogP contribution in [0.15, 0.2) is 65.8 Å². The Labute approximate surface area is 170 Å². The van der Waals surface area contributed by atoms with Crippen molar-refractivity contribution in [2.75, 3.05) is 6.61 Å². The summed E-state index contributed by atoms with van der Waals surface area (Å²) in [6.45, 7) is 4.39. The summed E-state index contributed by atoms with van der Waals surface area (Å²) in [7, 11) is -2.08. The Kier molecular flexibility index (Phi) is 6.36. The van der Waals surface area contributed by atoms with E-state index in [1.807, 2.05) is 60.7 Å². The van der Waals surface area contributed by atoms with Crippen LogP contribution in [0.25, 0.3) is 10.4 Å². The highest BCUT2D eigenvalue weighted by molar-refractivity contribution is 6.90. The third-order valence-electron chi connectivity index (χ3n) is 5.25. The van der Waals surface area contributed by atoms with E-state index in [-0.39, 0.29) is 6.61 Å². The molecular formula is C21H24N4O3Si. The lowest BCUT2D eigenvalue weighted by Crippen LogP contribution is -2.50. The van der Waals surface area contributed by atoms with E-state index in [1.165, 1.54) is 0 Å². The maximum Gasteiger partial charge on any atom is 0.416 e. The van der Waals surface area contributed by atoms with Crippen LogP contribution >= 0.6 is 0 Å². The fourth-order valence-corrected chi connectivity index (χ4v) is 6.21. The number of benzene rings is 2. The third-order valence-corrected chi connectivity index (χ3v) is 8.55. The van der Waals surface area contributed by atoms with Gasteiger partial charge in [0.25, 0.3) is 0 Å². The molecule has 0 aliphatic carbocycles. The molecule has 29 heavy (non-hydrogen) atoms. The standard InChI is InChI=1S/C21H24N4O3Si/c1-29(2,18-11-7-4-8-12-18)15-19(23-24-22)20(26)25-17(14-28-21(25)27)13-16-9-5-3-6-10-16/h3-12,17,19H,13-15H2,1-2H3/t17-,19+/m1/s1. The van der Waals surface area contributed by atoms with Crippen LogP contribution in [0.5, 0.6) is 0 Å². The van der Waals surface area contributed by atoms with Gasteiger partial charge in [-0.05, 0) is 23.6 Å². The predicted molar refractivity (Wildman–Crippen MR) is 113 cm³/mol. The molecule has 3 rings (SSSR count). The van der Waals surface area contributed by atoms with Crippen LogP contribution in [0.1, 0.15) is 5.56 Å². The summed E-state index contributed by atoms with van der Waals surface area (Å²) in [5.74, 6) is -0.484. The summed E-state index contributed by atoms with van der Waals surface area (Å²) in [5.41, 5.74) is 10.1. The lowest BCUT2D eigenvalue weighted by molar-refractivity contribution is -0.130. The second-order valence-corrected chi connectivity index (χ2v) is 12.6. The zero-order valence-corrected chi connectivity index (χ0v) is 17.6. The number of carbonyl (C=O) groups excluding carboxylic acids is 2. The van der Waals surface area contributed by atoms with Crippen molar-refractivity contribution in [1.29, 1.82) is 0 Å². The maximum atomic E-state index is 13.2. The van der Waals surface area contributed by atoms with Gasteiger partial charge in [0.2, 0.25) is 5.91 Å². The number of carbonyl (C=O) groups is 2. The summed E-state index contributed by atoms with van der Waals surface area (Å²) in [6.07, 6.45) is -0.172. The molecule has 2 aromatic rings. The largest absolute Gasteiger partial charge is 0.447 e. The topological polar surface area (TPSA) is 95.4 Å². The van der Waals surface area contributed by atoms with E-state index >= 15 is 0 Å². The zero-order valence-electron chi connectivity index (χ0n) is 16.6. The Morgan fingerprint density at radius 2 is 1.83 bits per heavy atom. The number of hydrogen-bond donors (Lipinski definition) is 0. The molecule has 7 nitrogen and oxygen atoms in total. The minimum Gasteiger partial charge on any atom is -0.447 e. The summed E-state index contributed by atoms with van der Waals surface area (Å²) in [4.78, 5) is 29.6. The van der Waals surface area contributed by atoms with Crippen LogP contribution in [0.2, 0.25) is 19.1 Å². The van der Waals surface area contributed by atoms with Crippen LogP contribution in [0.4, 0.5) is 4.79 Å². The summed E-state index contributed by atoms with van der Waals surface area (Å²) < 4.78 is 5.16. The molecule has 1 heterocycles. The average Bonchev–Trinajstić information content (AvgIpc) is 3.08. The van der Waals surface area contributed by atoms with Crippen molar-refractivity contribution in [2.45, 2.75) is 37.6 Å². The van der Waals surface area contributed by atoms with Gasteiger partial charge in [0, 0.05) is 4.91 Å². The molecule has 8 heteroatoms. The molecule has 2 amide bonds. The first-order valence-electron chi connectivity index (χ1n) is 9.56. The second-order valence-electron chi connectivity index (χ2n) is 7.80. The van der Waals surface area contributed by atoms with Crippen LogP contribution in [0.3, 0.4) is 0 Å². The van der Waals surface area contributed by atoms with Gasteiger partial charge in [0.05, 0.1) is 14.1 Å². The lowest BCUT2D eigenvalue weighted by Gasteiger charge is -2.28. The molecule has 0 aromatic heterocycles. The van der Waals surface area contributed by atoms with Crippen molar-refractivity contribution >= 4 is 25.3 Å². The van der Waals surface area contributed by atoms with Crippen LogP contribution in [-0.4, -0.2) is 43.7 Å². The van der Waals surface area contributed by atoms with Gasteiger partial charge in [0.15, 0.2) is 0 Å². The Bertz CT molecular complexity index is 914. The highest BCUT2D eigenvalue weighted by atomic mass is 28.3. The first-order valence-corrected chi connectivity index (χ1v) is 12.8. The Hall–Kier alpha value is -3.09. The fraction of sp³-hybridized carbons (Fsp3) is 0.333. The van der Waals surface area contributed by atoms with Gasteiger partial charge in [-0.3, -0.25) is 4.79 Å². The first kappa shape index (κ1) is 20.6. The zero-order chi connectivity index (χ0) is 20.9. The van der Waals surface area contributed by atoms with Gasteiger partial charge in [0.1, 0.15) is 12.6 Å². The van der Waals surface area contributed by atoms with Gasteiger partial charge < -0.3 is 4.74 Å². The molecule has 0 N–H and O–H groups in total. The van der Waals surface area contributed by atoms with Gasteiger partial charge in [-0.15, -0.1) is 0 Å². The summed E-state index contributed by atoms with van der Waals surface area (Å²) >= 11 is 0. The average molecular weight is 409 g/mol. The highest BCUT2D eigenvalue weighted by Gasteiger charge is 2.42. The number of imide groups is 1. The molecule has 0 radical (unpaired) electrons. The van der Waals surface area contributed by atoms with E-state index in [0.717, 1.165) is 15.7 Å². The SMILES string of the molecule is C[Si](C)(C[C@H](N=[N+]=[N-])C(=O)N1C(=O)OC[C@H]1Cc1ccccc1)c1ccccc1.